The van der Waals surface area contributed by atoms with Gasteiger partial charge in [-0.25, -0.2) is 9.78 Å². The SMILES string of the molecule is BC1(B)CN(c2ccnc(NC(C)c3ccc(-c4cccc(Cl)c4)cn3)n2)C(=O)N1C. The Morgan fingerprint density at radius 2 is 1.97 bits per heavy atom. The number of likely N-dealkylation sites (N-methyl/N-ethyl adjacent to an activating group) is 1. The summed E-state index contributed by atoms with van der Waals surface area (Å²) < 4.78 is 0. The molecule has 2 aromatic heterocycles. The van der Waals surface area contributed by atoms with E-state index in [0.717, 1.165) is 16.8 Å². The lowest BCUT2D eigenvalue weighted by Gasteiger charge is -2.25. The van der Waals surface area contributed by atoms with Gasteiger partial charge in [-0.1, -0.05) is 29.8 Å². The highest BCUT2D eigenvalue weighted by molar-refractivity contribution is 6.42. The summed E-state index contributed by atoms with van der Waals surface area (Å²) in [6.45, 7) is 2.57. The number of nitrogens with zero attached hydrogens (tertiary/aromatic N) is 5. The van der Waals surface area contributed by atoms with E-state index in [2.05, 4.69) is 20.3 Å². The molecule has 1 saturated heterocycles. The molecule has 1 aliphatic heterocycles. The number of urea groups is 1. The molecule has 10 heteroatoms. The Balaban J connectivity index is 1.48. The molecule has 1 aliphatic rings. The van der Waals surface area contributed by atoms with Crippen molar-refractivity contribution in [1.29, 1.82) is 0 Å². The highest BCUT2D eigenvalue weighted by atomic mass is 35.5. The van der Waals surface area contributed by atoms with Crippen LogP contribution in [0.1, 0.15) is 18.7 Å². The molecule has 2 amide bonds. The lowest BCUT2D eigenvalue weighted by Crippen LogP contribution is -2.45. The molecule has 0 aliphatic carbocycles. The van der Waals surface area contributed by atoms with Crippen molar-refractivity contribution in [2.45, 2.75) is 18.3 Å². The van der Waals surface area contributed by atoms with Gasteiger partial charge in [0, 0.05) is 41.9 Å². The summed E-state index contributed by atoms with van der Waals surface area (Å²) in [5.41, 5.74) is 2.88. The molecule has 3 aromatic rings. The van der Waals surface area contributed by atoms with Gasteiger partial charge < -0.3 is 10.2 Å². The van der Waals surface area contributed by atoms with Gasteiger partial charge in [0.2, 0.25) is 5.95 Å². The third-order valence-corrected chi connectivity index (χ3v) is 5.86. The number of aromatic nitrogens is 3. The van der Waals surface area contributed by atoms with Crippen LogP contribution >= 0.6 is 11.6 Å². The van der Waals surface area contributed by atoms with Gasteiger partial charge in [-0.3, -0.25) is 9.88 Å². The quantitative estimate of drug-likeness (QED) is 0.626. The van der Waals surface area contributed by atoms with Crippen LogP contribution in [0, 0.1) is 0 Å². The van der Waals surface area contributed by atoms with E-state index in [1.807, 2.05) is 72.3 Å². The van der Waals surface area contributed by atoms with Crippen molar-refractivity contribution in [3.05, 3.63) is 65.6 Å². The summed E-state index contributed by atoms with van der Waals surface area (Å²) in [4.78, 5) is 29.5. The third kappa shape index (κ3) is 4.37. The Hall–Kier alpha value is -3.06. The molecule has 156 valence electrons. The van der Waals surface area contributed by atoms with E-state index in [4.69, 9.17) is 11.6 Å². The highest BCUT2D eigenvalue weighted by Crippen LogP contribution is 2.26. The van der Waals surface area contributed by atoms with E-state index >= 15 is 0 Å². The maximum absolute atomic E-state index is 12.6. The van der Waals surface area contributed by atoms with Gasteiger partial charge in [0.05, 0.1) is 11.7 Å². The van der Waals surface area contributed by atoms with Crippen molar-refractivity contribution in [2.75, 3.05) is 23.8 Å². The molecule has 3 heterocycles. The van der Waals surface area contributed by atoms with Crippen LogP contribution in [0.25, 0.3) is 11.1 Å². The largest absolute Gasteiger partial charge is 0.346 e. The molecule has 1 aromatic carbocycles. The van der Waals surface area contributed by atoms with Crippen LogP contribution < -0.4 is 10.2 Å². The van der Waals surface area contributed by atoms with Crippen LogP contribution in [-0.2, 0) is 0 Å². The number of carbonyl (C=O) groups excluding carboxylic acids is 1. The van der Waals surface area contributed by atoms with Crippen molar-refractivity contribution in [2.24, 2.45) is 0 Å². The molecule has 31 heavy (non-hydrogen) atoms. The molecule has 4 rings (SSSR count). The van der Waals surface area contributed by atoms with Gasteiger partial charge in [0.15, 0.2) is 0 Å². The summed E-state index contributed by atoms with van der Waals surface area (Å²) in [7, 11) is 5.88. The van der Waals surface area contributed by atoms with E-state index in [-0.39, 0.29) is 17.4 Å². The topological polar surface area (TPSA) is 74.2 Å². The Kier molecular flexibility index (Phi) is 5.62. The first-order valence-corrected chi connectivity index (χ1v) is 10.5. The van der Waals surface area contributed by atoms with Gasteiger partial charge in [-0.05, 0) is 36.8 Å². The lowest BCUT2D eigenvalue weighted by molar-refractivity contribution is 0.223. The number of hydrogen-bond acceptors (Lipinski definition) is 5. The Morgan fingerprint density at radius 3 is 2.61 bits per heavy atom. The van der Waals surface area contributed by atoms with Crippen LogP contribution in [-0.4, -0.2) is 60.5 Å². The number of rotatable bonds is 5. The number of carbonyl (C=O) groups is 1. The van der Waals surface area contributed by atoms with Crippen molar-refractivity contribution in [1.82, 2.24) is 19.9 Å². The first-order chi connectivity index (χ1) is 14.7. The minimum atomic E-state index is -0.252. The minimum Gasteiger partial charge on any atom is -0.346 e. The number of benzene rings is 1. The molecule has 7 nitrogen and oxygen atoms in total. The van der Waals surface area contributed by atoms with Crippen LogP contribution in [0.15, 0.2) is 54.9 Å². The average molecular weight is 433 g/mol. The van der Waals surface area contributed by atoms with E-state index in [1.54, 1.807) is 22.1 Å². The second-order valence-corrected chi connectivity index (χ2v) is 8.76. The van der Waals surface area contributed by atoms with Crippen molar-refractivity contribution < 1.29 is 4.79 Å². The molecule has 1 atom stereocenters. The third-order valence-electron chi connectivity index (χ3n) is 5.62. The average Bonchev–Trinajstić information content (AvgIpc) is 2.97. The highest BCUT2D eigenvalue weighted by Gasteiger charge is 2.41. The fourth-order valence-corrected chi connectivity index (χ4v) is 3.71. The Bertz CT molecular complexity index is 1110. The van der Waals surface area contributed by atoms with Gasteiger partial charge in [-0.15, -0.1) is 0 Å². The molecule has 1 fully saturated rings. The predicted molar refractivity (Wildman–Crippen MR) is 129 cm³/mol. The van der Waals surface area contributed by atoms with Crippen LogP contribution in [0.3, 0.4) is 0 Å². The smallest absolute Gasteiger partial charge is 0.324 e. The monoisotopic (exact) mass is 432 g/mol. The van der Waals surface area contributed by atoms with Crippen molar-refractivity contribution >= 4 is 45.1 Å². The van der Waals surface area contributed by atoms with E-state index < -0.39 is 0 Å². The van der Waals surface area contributed by atoms with Crippen LogP contribution in [0.5, 0.6) is 0 Å². The fourth-order valence-electron chi connectivity index (χ4n) is 3.52. The zero-order chi connectivity index (χ0) is 22.2. The summed E-state index contributed by atoms with van der Waals surface area (Å²) in [5, 5.41) is 3.72. The first kappa shape index (κ1) is 21.2. The van der Waals surface area contributed by atoms with Gasteiger partial charge in [0.25, 0.3) is 0 Å². The molecule has 1 N–H and O–H groups in total. The molecule has 0 spiro atoms. The summed E-state index contributed by atoms with van der Waals surface area (Å²) in [5.74, 6) is 1.03. The normalized spacial score (nSPS) is 16.4. The standard InChI is InChI=1S/C21H23B2ClN6O/c1-13(17-7-6-15(11-26-17)14-4-3-5-16(24)10-14)27-19-25-9-8-18(28-19)30-12-21(22,23)29(2)20(30)31/h3-11,13H,12,22-23H2,1-2H3,(H,25,27,28). The van der Waals surface area contributed by atoms with Crippen LogP contribution in [0.4, 0.5) is 16.6 Å². The second-order valence-electron chi connectivity index (χ2n) is 8.33. The number of amides is 2. The van der Waals surface area contributed by atoms with Crippen molar-refractivity contribution in [3.8, 4) is 11.1 Å². The zero-order valence-electron chi connectivity index (χ0n) is 18.0. The van der Waals surface area contributed by atoms with Crippen molar-refractivity contribution in [3.63, 3.8) is 0 Å². The zero-order valence-corrected chi connectivity index (χ0v) is 18.8. The summed E-state index contributed by atoms with van der Waals surface area (Å²) in [6.07, 6.45) is 3.49. The molecule has 1 unspecified atom stereocenters. The predicted octanol–water partition coefficient (Wildman–Crippen LogP) is 2.16. The maximum atomic E-state index is 12.6. The Morgan fingerprint density at radius 1 is 1.16 bits per heavy atom. The molecule has 0 radical (unpaired) electrons. The molecular formula is C21H23B2ClN6O. The van der Waals surface area contributed by atoms with E-state index in [0.29, 0.717) is 23.3 Å². The van der Waals surface area contributed by atoms with Gasteiger partial charge in [0.1, 0.15) is 21.5 Å². The molecular weight excluding hydrogens is 409 g/mol. The van der Waals surface area contributed by atoms with Gasteiger partial charge in [-0.2, -0.15) is 4.98 Å². The van der Waals surface area contributed by atoms with E-state index in [1.165, 1.54) is 0 Å². The number of hydrogen-bond donors (Lipinski definition) is 1. The fraction of sp³-hybridized carbons (Fsp3) is 0.238. The molecule has 0 bridgehead atoms. The summed E-state index contributed by atoms with van der Waals surface area (Å²) >= 11 is 6.09. The second kappa shape index (κ2) is 8.23. The molecule has 0 saturated carbocycles. The van der Waals surface area contributed by atoms with E-state index in [9.17, 15) is 4.79 Å². The first-order valence-electron chi connectivity index (χ1n) is 10.1. The van der Waals surface area contributed by atoms with Crippen LogP contribution in [0.2, 0.25) is 5.02 Å². The number of nitrogens with one attached hydrogen (secondary N) is 1. The van der Waals surface area contributed by atoms with Gasteiger partial charge >= 0.3 is 6.03 Å². The number of halogens is 1. The number of pyridine rings is 1. The lowest BCUT2D eigenvalue weighted by atomic mass is 9.61. The minimum absolute atomic E-state index is 0.0685. The maximum Gasteiger partial charge on any atom is 0.324 e. The number of anilines is 2. The Labute approximate surface area is 188 Å². The summed E-state index contributed by atoms with van der Waals surface area (Å²) in [6, 6.07) is 13.2.